The van der Waals surface area contributed by atoms with Crippen LogP contribution in [-0.2, 0) is 9.53 Å². The van der Waals surface area contributed by atoms with Gasteiger partial charge in [0, 0.05) is 17.8 Å². The maximum absolute atomic E-state index is 12.7. The zero-order valence-corrected chi connectivity index (χ0v) is 13.5. The van der Waals surface area contributed by atoms with E-state index in [9.17, 15) is 9.59 Å². The minimum absolute atomic E-state index is 0.145. The monoisotopic (exact) mass is 349 g/mol. The molecule has 1 aliphatic heterocycles. The van der Waals surface area contributed by atoms with Gasteiger partial charge in [-0.2, -0.15) is 5.10 Å². The zero-order valence-electron chi connectivity index (χ0n) is 12.8. The van der Waals surface area contributed by atoms with Crippen LogP contribution in [0.15, 0.2) is 36.7 Å². The predicted octanol–water partition coefficient (Wildman–Crippen LogP) is 1.84. The Kier molecular flexibility index (Phi) is 4.82. The number of morpholine rings is 1. The molecule has 1 aliphatic rings. The molecule has 1 amide bonds. The van der Waals surface area contributed by atoms with Crippen molar-refractivity contribution >= 4 is 23.5 Å². The molecule has 2 aromatic rings. The van der Waals surface area contributed by atoms with Crippen LogP contribution in [0.2, 0.25) is 5.02 Å². The van der Waals surface area contributed by atoms with Crippen molar-refractivity contribution in [3.8, 4) is 5.69 Å². The molecule has 1 saturated heterocycles. The first kappa shape index (κ1) is 16.5. The third kappa shape index (κ3) is 3.58. The molecule has 126 valence electrons. The van der Waals surface area contributed by atoms with E-state index in [1.165, 1.54) is 11.1 Å². The number of carboxylic acid groups (broad SMARTS) is 1. The molecule has 0 saturated carbocycles. The number of carbonyl (C=O) groups is 2. The second-order valence-electron chi connectivity index (χ2n) is 5.48. The number of rotatable bonds is 4. The van der Waals surface area contributed by atoms with Crippen molar-refractivity contribution in [1.29, 1.82) is 0 Å². The summed E-state index contributed by atoms with van der Waals surface area (Å²) in [6.45, 7) is 0.976. The van der Waals surface area contributed by atoms with Crippen LogP contribution in [0.3, 0.4) is 0 Å². The minimum Gasteiger partial charge on any atom is -0.481 e. The number of amides is 1. The Morgan fingerprint density at radius 1 is 1.42 bits per heavy atom. The standard InChI is InChI=1S/C16H16ClN3O4/c17-12-2-1-3-13(6-12)20-9-11(8-18-20)16(23)19-4-5-24-10-14(19)7-15(21)22/h1-3,6,8-9,14H,4-5,7,10H2,(H,21,22). The molecule has 0 aliphatic carbocycles. The van der Waals surface area contributed by atoms with E-state index < -0.39 is 12.0 Å². The largest absolute Gasteiger partial charge is 0.481 e. The van der Waals surface area contributed by atoms with Gasteiger partial charge in [0.1, 0.15) is 0 Å². The predicted molar refractivity (Wildman–Crippen MR) is 86.5 cm³/mol. The fourth-order valence-corrected chi connectivity index (χ4v) is 2.84. The van der Waals surface area contributed by atoms with Crippen molar-refractivity contribution in [2.45, 2.75) is 12.5 Å². The van der Waals surface area contributed by atoms with E-state index in [2.05, 4.69) is 5.10 Å². The van der Waals surface area contributed by atoms with Crippen molar-refractivity contribution < 1.29 is 19.4 Å². The lowest BCUT2D eigenvalue weighted by atomic mass is 10.1. The van der Waals surface area contributed by atoms with Gasteiger partial charge in [0.2, 0.25) is 0 Å². The Bertz CT molecular complexity index is 761. The molecule has 0 bridgehead atoms. The van der Waals surface area contributed by atoms with Crippen molar-refractivity contribution in [3.63, 3.8) is 0 Å². The summed E-state index contributed by atoms with van der Waals surface area (Å²) in [5.74, 6) is -1.21. The molecule has 2 heterocycles. The summed E-state index contributed by atoms with van der Waals surface area (Å²) in [5.41, 5.74) is 1.14. The average Bonchev–Trinajstić information content (AvgIpc) is 3.04. The van der Waals surface area contributed by atoms with E-state index in [0.717, 1.165) is 5.69 Å². The lowest BCUT2D eigenvalue weighted by Gasteiger charge is -2.34. The number of ether oxygens (including phenoxy) is 1. The Morgan fingerprint density at radius 3 is 3.00 bits per heavy atom. The van der Waals surface area contributed by atoms with Crippen LogP contribution in [0.25, 0.3) is 5.69 Å². The number of halogens is 1. The summed E-state index contributed by atoms with van der Waals surface area (Å²) < 4.78 is 6.86. The lowest BCUT2D eigenvalue weighted by molar-refractivity contribution is -0.139. The van der Waals surface area contributed by atoms with Gasteiger partial charge in [0.15, 0.2) is 0 Å². The van der Waals surface area contributed by atoms with Crippen LogP contribution in [0, 0.1) is 0 Å². The summed E-state index contributed by atoms with van der Waals surface area (Å²) >= 11 is 5.97. The van der Waals surface area contributed by atoms with Gasteiger partial charge in [-0.15, -0.1) is 0 Å². The fraction of sp³-hybridized carbons (Fsp3) is 0.312. The smallest absolute Gasteiger partial charge is 0.305 e. The van der Waals surface area contributed by atoms with Crippen LogP contribution < -0.4 is 0 Å². The summed E-state index contributed by atoms with van der Waals surface area (Å²) in [5, 5.41) is 13.8. The van der Waals surface area contributed by atoms with Gasteiger partial charge in [-0.3, -0.25) is 9.59 Å². The Morgan fingerprint density at radius 2 is 2.25 bits per heavy atom. The second kappa shape index (κ2) is 7.02. The molecule has 8 heteroatoms. The highest BCUT2D eigenvalue weighted by Crippen LogP contribution is 2.18. The SMILES string of the molecule is O=C(O)CC1COCCN1C(=O)c1cnn(-c2cccc(Cl)c2)c1. The van der Waals surface area contributed by atoms with Gasteiger partial charge in [-0.1, -0.05) is 17.7 Å². The van der Waals surface area contributed by atoms with E-state index in [0.29, 0.717) is 23.7 Å². The van der Waals surface area contributed by atoms with Crippen LogP contribution in [0.5, 0.6) is 0 Å². The zero-order chi connectivity index (χ0) is 17.1. The molecule has 1 aromatic carbocycles. The maximum atomic E-state index is 12.7. The molecule has 3 rings (SSSR count). The quantitative estimate of drug-likeness (QED) is 0.910. The molecule has 7 nitrogen and oxygen atoms in total. The van der Waals surface area contributed by atoms with E-state index in [1.54, 1.807) is 29.1 Å². The van der Waals surface area contributed by atoms with Gasteiger partial charge < -0.3 is 14.7 Å². The molecular weight excluding hydrogens is 334 g/mol. The van der Waals surface area contributed by atoms with E-state index >= 15 is 0 Å². The van der Waals surface area contributed by atoms with E-state index in [-0.39, 0.29) is 18.9 Å². The Balaban J connectivity index is 1.80. The number of carboxylic acids is 1. The van der Waals surface area contributed by atoms with Gasteiger partial charge in [0.05, 0.1) is 43.1 Å². The first-order valence-corrected chi connectivity index (χ1v) is 7.83. The minimum atomic E-state index is -0.960. The van der Waals surface area contributed by atoms with Crippen LogP contribution >= 0.6 is 11.6 Å². The number of aliphatic carboxylic acids is 1. The third-order valence-corrected chi connectivity index (χ3v) is 4.04. The average molecular weight is 350 g/mol. The van der Waals surface area contributed by atoms with Crippen LogP contribution in [0.1, 0.15) is 16.8 Å². The fourth-order valence-electron chi connectivity index (χ4n) is 2.65. The highest BCUT2D eigenvalue weighted by molar-refractivity contribution is 6.30. The van der Waals surface area contributed by atoms with Crippen molar-refractivity contribution in [2.24, 2.45) is 0 Å². The highest BCUT2D eigenvalue weighted by Gasteiger charge is 2.30. The molecule has 1 unspecified atom stereocenters. The van der Waals surface area contributed by atoms with Gasteiger partial charge in [-0.05, 0) is 18.2 Å². The number of hydrogen-bond donors (Lipinski definition) is 1. The van der Waals surface area contributed by atoms with Gasteiger partial charge >= 0.3 is 5.97 Å². The molecule has 0 radical (unpaired) electrons. The summed E-state index contributed by atoms with van der Waals surface area (Å²) in [4.78, 5) is 25.2. The van der Waals surface area contributed by atoms with E-state index in [1.807, 2.05) is 6.07 Å². The lowest BCUT2D eigenvalue weighted by Crippen LogP contribution is -2.49. The molecule has 0 spiro atoms. The first-order valence-electron chi connectivity index (χ1n) is 7.45. The molecule has 1 N–H and O–H groups in total. The van der Waals surface area contributed by atoms with Crippen LogP contribution in [-0.4, -0.2) is 57.5 Å². The molecular formula is C16H16ClN3O4. The molecule has 24 heavy (non-hydrogen) atoms. The first-order chi connectivity index (χ1) is 11.5. The van der Waals surface area contributed by atoms with E-state index in [4.69, 9.17) is 21.4 Å². The normalized spacial score (nSPS) is 17.7. The maximum Gasteiger partial charge on any atom is 0.305 e. The van der Waals surface area contributed by atoms with Crippen LogP contribution in [0.4, 0.5) is 0 Å². The summed E-state index contributed by atoms with van der Waals surface area (Å²) in [7, 11) is 0. The molecule has 1 atom stereocenters. The highest BCUT2D eigenvalue weighted by atomic mass is 35.5. The van der Waals surface area contributed by atoms with Gasteiger partial charge in [0.25, 0.3) is 5.91 Å². The molecule has 1 aromatic heterocycles. The third-order valence-electron chi connectivity index (χ3n) is 3.80. The second-order valence-corrected chi connectivity index (χ2v) is 5.92. The van der Waals surface area contributed by atoms with Crippen molar-refractivity contribution in [1.82, 2.24) is 14.7 Å². The molecule has 1 fully saturated rings. The Labute approximate surface area is 143 Å². The number of carbonyl (C=O) groups excluding carboxylic acids is 1. The summed E-state index contributed by atoms with van der Waals surface area (Å²) in [6, 6.07) is 6.65. The van der Waals surface area contributed by atoms with Crippen molar-refractivity contribution in [3.05, 3.63) is 47.2 Å². The topological polar surface area (TPSA) is 84.7 Å². The Hall–Kier alpha value is -2.38. The number of aromatic nitrogens is 2. The van der Waals surface area contributed by atoms with Gasteiger partial charge in [-0.25, -0.2) is 4.68 Å². The number of benzene rings is 1. The van der Waals surface area contributed by atoms with Crippen molar-refractivity contribution in [2.75, 3.05) is 19.8 Å². The number of hydrogen-bond acceptors (Lipinski definition) is 4. The summed E-state index contributed by atoms with van der Waals surface area (Å²) in [6.07, 6.45) is 2.94. The number of nitrogens with zero attached hydrogens (tertiary/aromatic N) is 3.